The number of amides is 2. The maximum absolute atomic E-state index is 13.5. The summed E-state index contributed by atoms with van der Waals surface area (Å²) in [5.41, 5.74) is 1.32. The SMILES string of the molecule is COc1ccc(C2C(C(=O)Nc3ccccn3)CCC(=O)N2c2cc(OC)c(OC)c(OC)c2)cc1. The van der Waals surface area contributed by atoms with Crippen LogP contribution in [0.2, 0.25) is 0 Å². The third-order valence-corrected chi connectivity index (χ3v) is 6.24. The molecule has 1 aliphatic rings. The molecule has 2 heterocycles. The van der Waals surface area contributed by atoms with Gasteiger partial charge >= 0.3 is 0 Å². The molecule has 0 radical (unpaired) electrons. The van der Waals surface area contributed by atoms with Crippen molar-refractivity contribution in [3.8, 4) is 23.0 Å². The maximum atomic E-state index is 13.5. The molecular weight excluding hydrogens is 462 g/mol. The van der Waals surface area contributed by atoms with Crippen molar-refractivity contribution in [1.29, 1.82) is 0 Å². The zero-order valence-corrected chi connectivity index (χ0v) is 20.7. The number of rotatable bonds is 8. The second-order valence-electron chi connectivity index (χ2n) is 8.21. The Labute approximate surface area is 209 Å². The number of ether oxygens (including phenoxy) is 4. The summed E-state index contributed by atoms with van der Waals surface area (Å²) in [4.78, 5) is 32.8. The largest absolute Gasteiger partial charge is 0.497 e. The summed E-state index contributed by atoms with van der Waals surface area (Å²) >= 11 is 0. The van der Waals surface area contributed by atoms with Gasteiger partial charge < -0.3 is 29.2 Å². The van der Waals surface area contributed by atoms with Crippen LogP contribution in [0.25, 0.3) is 0 Å². The molecule has 1 aliphatic heterocycles. The van der Waals surface area contributed by atoms with Gasteiger partial charge in [-0.3, -0.25) is 9.59 Å². The van der Waals surface area contributed by atoms with Crippen LogP contribution in [0.5, 0.6) is 23.0 Å². The van der Waals surface area contributed by atoms with Crippen LogP contribution < -0.4 is 29.2 Å². The second kappa shape index (κ2) is 11.0. The molecule has 0 bridgehead atoms. The van der Waals surface area contributed by atoms with Crippen LogP contribution in [0.15, 0.2) is 60.8 Å². The molecule has 1 N–H and O–H groups in total. The van der Waals surface area contributed by atoms with Crippen molar-refractivity contribution in [1.82, 2.24) is 4.98 Å². The molecule has 2 unspecified atom stereocenters. The Morgan fingerprint density at radius 2 is 1.64 bits per heavy atom. The zero-order valence-electron chi connectivity index (χ0n) is 20.7. The van der Waals surface area contributed by atoms with Crippen LogP contribution in [-0.4, -0.2) is 45.2 Å². The minimum absolute atomic E-state index is 0.119. The molecule has 0 aliphatic carbocycles. The first kappa shape index (κ1) is 24.8. The van der Waals surface area contributed by atoms with E-state index in [1.807, 2.05) is 24.3 Å². The fourth-order valence-corrected chi connectivity index (χ4v) is 4.52. The quantitative estimate of drug-likeness (QED) is 0.503. The van der Waals surface area contributed by atoms with Crippen molar-refractivity contribution in [3.05, 3.63) is 66.4 Å². The number of hydrogen-bond acceptors (Lipinski definition) is 7. The van der Waals surface area contributed by atoms with Gasteiger partial charge in [0.1, 0.15) is 11.6 Å². The van der Waals surface area contributed by atoms with Crippen LogP contribution in [0.4, 0.5) is 11.5 Å². The van der Waals surface area contributed by atoms with Gasteiger partial charge in [-0.25, -0.2) is 4.98 Å². The Kier molecular flexibility index (Phi) is 7.58. The topological polar surface area (TPSA) is 99.2 Å². The second-order valence-corrected chi connectivity index (χ2v) is 8.21. The fourth-order valence-electron chi connectivity index (χ4n) is 4.52. The van der Waals surface area contributed by atoms with Gasteiger partial charge in [0.15, 0.2) is 11.5 Å². The van der Waals surface area contributed by atoms with E-state index in [0.29, 0.717) is 40.9 Å². The van der Waals surface area contributed by atoms with Gasteiger partial charge in [0.05, 0.1) is 46.1 Å². The van der Waals surface area contributed by atoms with Crippen molar-refractivity contribution in [3.63, 3.8) is 0 Å². The van der Waals surface area contributed by atoms with E-state index in [9.17, 15) is 9.59 Å². The van der Waals surface area contributed by atoms with Crippen molar-refractivity contribution in [2.24, 2.45) is 5.92 Å². The monoisotopic (exact) mass is 491 g/mol. The Morgan fingerprint density at radius 3 is 2.19 bits per heavy atom. The van der Waals surface area contributed by atoms with Crippen LogP contribution in [-0.2, 0) is 9.59 Å². The number of hydrogen-bond donors (Lipinski definition) is 1. The number of anilines is 2. The number of carbonyl (C=O) groups excluding carboxylic acids is 2. The highest BCUT2D eigenvalue weighted by atomic mass is 16.5. The summed E-state index contributed by atoms with van der Waals surface area (Å²) < 4.78 is 21.8. The minimum Gasteiger partial charge on any atom is -0.497 e. The molecule has 9 heteroatoms. The van der Waals surface area contributed by atoms with Gasteiger partial charge in [0, 0.05) is 24.8 Å². The number of methoxy groups -OCH3 is 4. The molecule has 1 aromatic heterocycles. The third kappa shape index (κ3) is 4.91. The van der Waals surface area contributed by atoms with Gasteiger partial charge in [0.2, 0.25) is 17.6 Å². The molecule has 9 nitrogen and oxygen atoms in total. The smallest absolute Gasteiger partial charge is 0.231 e. The van der Waals surface area contributed by atoms with E-state index in [2.05, 4.69) is 10.3 Å². The number of carbonyl (C=O) groups is 2. The van der Waals surface area contributed by atoms with E-state index in [1.54, 1.807) is 48.5 Å². The van der Waals surface area contributed by atoms with Crippen LogP contribution >= 0.6 is 0 Å². The average molecular weight is 492 g/mol. The molecule has 0 saturated carbocycles. The molecule has 188 valence electrons. The van der Waals surface area contributed by atoms with Crippen molar-refractivity contribution in [2.75, 3.05) is 38.7 Å². The molecule has 1 saturated heterocycles. The van der Waals surface area contributed by atoms with Gasteiger partial charge in [-0.15, -0.1) is 0 Å². The lowest BCUT2D eigenvalue weighted by molar-refractivity contribution is -0.125. The molecule has 2 atom stereocenters. The van der Waals surface area contributed by atoms with Crippen LogP contribution in [0, 0.1) is 5.92 Å². The lowest BCUT2D eigenvalue weighted by Crippen LogP contribution is -2.47. The molecule has 2 aromatic carbocycles. The first-order valence-electron chi connectivity index (χ1n) is 11.5. The van der Waals surface area contributed by atoms with E-state index in [0.717, 1.165) is 5.56 Å². The van der Waals surface area contributed by atoms with Gasteiger partial charge in [-0.05, 0) is 36.2 Å². The predicted octanol–water partition coefficient (Wildman–Crippen LogP) is 4.24. The highest BCUT2D eigenvalue weighted by molar-refractivity contribution is 6.00. The number of nitrogens with zero attached hydrogens (tertiary/aromatic N) is 2. The summed E-state index contributed by atoms with van der Waals surface area (Å²) in [6.07, 6.45) is 2.20. The van der Waals surface area contributed by atoms with Crippen LogP contribution in [0.1, 0.15) is 24.4 Å². The normalized spacial score (nSPS) is 17.3. The summed E-state index contributed by atoms with van der Waals surface area (Å²) in [6.45, 7) is 0. The lowest BCUT2D eigenvalue weighted by atomic mass is 9.83. The summed E-state index contributed by atoms with van der Waals surface area (Å²) in [6, 6.07) is 15.5. The van der Waals surface area contributed by atoms with Crippen LogP contribution in [0.3, 0.4) is 0 Å². The summed E-state index contributed by atoms with van der Waals surface area (Å²) in [5, 5.41) is 2.90. The standard InChI is InChI=1S/C27H29N3O6/c1-33-19-10-8-17(9-11-19)25-20(27(32)29-23-7-5-6-14-28-23)12-13-24(31)30(25)18-15-21(34-2)26(36-4)22(16-18)35-3/h5-11,14-16,20,25H,12-13H2,1-4H3,(H,28,29,32). The number of benzene rings is 2. The molecule has 1 fully saturated rings. The molecular formula is C27H29N3O6. The number of aromatic nitrogens is 1. The van der Waals surface area contributed by atoms with Crippen molar-refractivity contribution >= 4 is 23.3 Å². The van der Waals surface area contributed by atoms with Gasteiger partial charge in [0.25, 0.3) is 0 Å². The average Bonchev–Trinajstić information content (AvgIpc) is 2.92. The number of pyridine rings is 1. The Bertz CT molecular complexity index is 1190. The maximum Gasteiger partial charge on any atom is 0.231 e. The third-order valence-electron chi connectivity index (χ3n) is 6.24. The molecule has 3 aromatic rings. The van der Waals surface area contributed by atoms with E-state index in [4.69, 9.17) is 18.9 Å². The summed E-state index contributed by atoms with van der Waals surface area (Å²) in [7, 11) is 6.14. The lowest BCUT2D eigenvalue weighted by Gasteiger charge is -2.41. The highest BCUT2D eigenvalue weighted by Crippen LogP contribution is 2.46. The Balaban J connectivity index is 1.82. The summed E-state index contributed by atoms with van der Waals surface area (Å²) in [5.74, 6) is 1.48. The van der Waals surface area contributed by atoms with Gasteiger partial charge in [-0.2, -0.15) is 0 Å². The molecule has 0 spiro atoms. The van der Waals surface area contributed by atoms with E-state index >= 15 is 0 Å². The Hall–Kier alpha value is -4.27. The number of nitrogens with one attached hydrogen (secondary N) is 1. The van der Waals surface area contributed by atoms with E-state index in [1.165, 1.54) is 21.3 Å². The zero-order chi connectivity index (χ0) is 25.7. The van der Waals surface area contributed by atoms with Gasteiger partial charge in [-0.1, -0.05) is 18.2 Å². The highest BCUT2D eigenvalue weighted by Gasteiger charge is 2.42. The van der Waals surface area contributed by atoms with Crippen molar-refractivity contribution in [2.45, 2.75) is 18.9 Å². The first-order valence-corrected chi connectivity index (χ1v) is 11.5. The fraction of sp³-hybridized carbons (Fsp3) is 0.296. The molecule has 2 amide bonds. The first-order chi connectivity index (χ1) is 17.5. The minimum atomic E-state index is -0.594. The number of piperidine rings is 1. The van der Waals surface area contributed by atoms with E-state index in [-0.39, 0.29) is 18.2 Å². The van der Waals surface area contributed by atoms with Crippen molar-refractivity contribution < 1.29 is 28.5 Å². The molecule has 4 rings (SSSR count). The van der Waals surface area contributed by atoms with E-state index < -0.39 is 12.0 Å². The molecule has 36 heavy (non-hydrogen) atoms. The Morgan fingerprint density at radius 1 is 0.944 bits per heavy atom. The predicted molar refractivity (Wildman–Crippen MR) is 135 cm³/mol.